The smallest absolute Gasteiger partial charge is 0.167 e. The molecule has 20 heavy (non-hydrogen) atoms. The molecule has 4 heteroatoms. The summed E-state index contributed by atoms with van der Waals surface area (Å²) in [6, 6.07) is 11.1. The highest BCUT2D eigenvalue weighted by atomic mass is 19.1. The highest BCUT2D eigenvalue weighted by molar-refractivity contribution is 5.68. The SMILES string of the molecule is CCc1ccccc1CNc1cc(OC)c(F)cc1N. The summed E-state index contributed by atoms with van der Waals surface area (Å²) >= 11 is 0. The fraction of sp³-hybridized carbons (Fsp3) is 0.250. The summed E-state index contributed by atoms with van der Waals surface area (Å²) in [6.45, 7) is 2.76. The number of nitrogens with two attached hydrogens (primary N) is 1. The predicted octanol–water partition coefficient (Wildman–Crippen LogP) is 3.59. The van der Waals surface area contributed by atoms with Gasteiger partial charge in [0, 0.05) is 18.7 Å². The Morgan fingerprint density at radius 1 is 1.20 bits per heavy atom. The lowest BCUT2D eigenvalue weighted by atomic mass is 10.1. The van der Waals surface area contributed by atoms with Crippen molar-refractivity contribution in [2.45, 2.75) is 19.9 Å². The van der Waals surface area contributed by atoms with Gasteiger partial charge < -0.3 is 15.8 Å². The Hall–Kier alpha value is -2.23. The Bertz CT molecular complexity index is 599. The summed E-state index contributed by atoms with van der Waals surface area (Å²) in [5, 5.41) is 3.23. The minimum absolute atomic E-state index is 0.186. The van der Waals surface area contributed by atoms with Gasteiger partial charge in [-0.05, 0) is 17.5 Å². The van der Waals surface area contributed by atoms with Crippen molar-refractivity contribution in [2.24, 2.45) is 0 Å². The van der Waals surface area contributed by atoms with Crippen LogP contribution in [-0.2, 0) is 13.0 Å². The van der Waals surface area contributed by atoms with E-state index in [4.69, 9.17) is 10.5 Å². The molecule has 0 fully saturated rings. The third-order valence-electron chi connectivity index (χ3n) is 3.29. The van der Waals surface area contributed by atoms with Gasteiger partial charge in [0.1, 0.15) is 0 Å². The zero-order valence-electron chi connectivity index (χ0n) is 11.7. The van der Waals surface area contributed by atoms with E-state index in [0.29, 0.717) is 17.9 Å². The van der Waals surface area contributed by atoms with Crippen molar-refractivity contribution in [3.63, 3.8) is 0 Å². The van der Waals surface area contributed by atoms with E-state index in [2.05, 4.69) is 24.4 Å². The molecule has 0 saturated carbocycles. The first kappa shape index (κ1) is 14.2. The first-order valence-corrected chi connectivity index (χ1v) is 6.59. The molecular weight excluding hydrogens is 255 g/mol. The van der Waals surface area contributed by atoms with Crippen molar-refractivity contribution in [1.29, 1.82) is 0 Å². The second kappa shape index (κ2) is 6.28. The van der Waals surface area contributed by atoms with E-state index >= 15 is 0 Å². The quantitative estimate of drug-likeness (QED) is 0.819. The second-order valence-corrected chi connectivity index (χ2v) is 4.55. The molecule has 3 nitrogen and oxygen atoms in total. The van der Waals surface area contributed by atoms with E-state index in [9.17, 15) is 4.39 Å². The molecule has 0 spiro atoms. The zero-order chi connectivity index (χ0) is 14.5. The highest BCUT2D eigenvalue weighted by Gasteiger charge is 2.08. The van der Waals surface area contributed by atoms with E-state index in [0.717, 1.165) is 6.42 Å². The molecule has 0 bridgehead atoms. The molecule has 0 radical (unpaired) electrons. The van der Waals surface area contributed by atoms with Crippen molar-refractivity contribution in [1.82, 2.24) is 0 Å². The summed E-state index contributed by atoms with van der Waals surface area (Å²) in [5.74, 6) is -0.269. The van der Waals surface area contributed by atoms with Crippen molar-refractivity contribution in [3.8, 4) is 5.75 Å². The van der Waals surface area contributed by atoms with Crippen LogP contribution in [0.1, 0.15) is 18.1 Å². The molecule has 0 aliphatic heterocycles. The maximum absolute atomic E-state index is 13.5. The first-order chi connectivity index (χ1) is 9.65. The van der Waals surface area contributed by atoms with Crippen LogP contribution < -0.4 is 15.8 Å². The molecule has 2 rings (SSSR count). The molecule has 0 aliphatic rings. The number of benzene rings is 2. The van der Waals surface area contributed by atoms with Crippen molar-refractivity contribution >= 4 is 11.4 Å². The zero-order valence-corrected chi connectivity index (χ0v) is 11.7. The number of methoxy groups -OCH3 is 1. The highest BCUT2D eigenvalue weighted by Crippen LogP contribution is 2.28. The van der Waals surface area contributed by atoms with Gasteiger partial charge in [0.25, 0.3) is 0 Å². The maximum Gasteiger partial charge on any atom is 0.167 e. The van der Waals surface area contributed by atoms with Crippen LogP contribution >= 0.6 is 0 Å². The predicted molar refractivity (Wildman–Crippen MR) is 80.5 cm³/mol. The molecule has 2 aromatic carbocycles. The number of ether oxygens (including phenoxy) is 1. The summed E-state index contributed by atoms with van der Waals surface area (Å²) in [7, 11) is 1.44. The second-order valence-electron chi connectivity index (χ2n) is 4.55. The lowest BCUT2D eigenvalue weighted by Crippen LogP contribution is -2.05. The topological polar surface area (TPSA) is 47.3 Å². The molecule has 0 heterocycles. The molecule has 0 saturated heterocycles. The minimum atomic E-state index is -0.454. The van der Waals surface area contributed by atoms with Gasteiger partial charge in [-0.2, -0.15) is 0 Å². The van der Waals surface area contributed by atoms with Crippen molar-refractivity contribution in [3.05, 3.63) is 53.3 Å². The fourth-order valence-electron chi connectivity index (χ4n) is 2.14. The summed E-state index contributed by atoms with van der Waals surface area (Å²) in [4.78, 5) is 0. The fourth-order valence-corrected chi connectivity index (χ4v) is 2.14. The average molecular weight is 274 g/mol. The van der Waals surface area contributed by atoms with E-state index in [1.165, 1.54) is 24.3 Å². The molecule has 2 aromatic rings. The van der Waals surface area contributed by atoms with E-state index in [-0.39, 0.29) is 5.75 Å². The number of nitrogens with one attached hydrogen (secondary N) is 1. The minimum Gasteiger partial charge on any atom is -0.494 e. The standard InChI is InChI=1S/C16H19FN2O/c1-3-11-6-4-5-7-12(11)10-19-15-9-16(20-2)13(17)8-14(15)18/h4-9,19H,3,10,18H2,1-2H3. The number of halogens is 1. The molecule has 106 valence electrons. The van der Waals surface area contributed by atoms with Gasteiger partial charge >= 0.3 is 0 Å². The Morgan fingerprint density at radius 2 is 1.90 bits per heavy atom. The molecule has 0 aliphatic carbocycles. The number of hydrogen-bond acceptors (Lipinski definition) is 3. The van der Waals surface area contributed by atoms with Crippen molar-refractivity contribution in [2.75, 3.05) is 18.2 Å². The average Bonchev–Trinajstić information content (AvgIpc) is 2.46. The largest absolute Gasteiger partial charge is 0.494 e. The Morgan fingerprint density at radius 3 is 2.55 bits per heavy atom. The van der Waals surface area contributed by atoms with Gasteiger partial charge in [0.15, 0.2) is 11.6 Å². The molecule has 0 aromatic heterocycles. The number of anilines is 2. The summed E-state index contributed by atoms with van der Waals surface area (Å²) in [6.07, 6.45) is 0.972. The molecule has 0 unspecified atom stereocenters. The third-order valence-corrected chi connectivity index (χ3v) is 3.29. The monoisotopic (exact) mass is 274 g/mol. The lowest BCUT2D eigenvalue weighted by Gasteiger charge is -2.13. The van der Waals surface area contributed by atoms with Crippen LogP contribution in [0.15, 0.2) is 36.4 Å². The van der Waals surface area contributed by atoms with Crippen LogP contribution in [0.4, 0.5) is 15.8 Å². The van der Waals surface area contributed by atoms with Gasteiger partial charge in [0.2, 0.25) is 0 Å². The number of nitrogen functional groups attached to an aromatic ring is 1. The van der Waals surface area contributed by atoms with Crippen LogP contribution in [0, 0.1) is 5.82 Å². The van der Waals surface area contributed by atoms with Gasteiger partial charge in [-0.15, -0.1) is 0 Å². The van der Waals surface area contributed by atoms with Crippen LogP contribution in [0.2, 0.25) is 0 Å². The van der Waals surface area contributed by atoms with Gasteiger partial charge in [-0.25, -0.2) is 4.39 Å². The van der Waals surface area contributed by atoms with Crippen molar-refractivity contribution < 1.29 is 9.13 Å². The third kappa shape index (κ3) is 3.02. The molecule has 3 N–H and O–H groups in total. The number of hydrogen-bond donors (Lipinski definition) is 2. The molecule has 0 atom stereocenters. The lowest BCUT2D eigenvalue weighted by molar-refractivity contribution is 0.387. The van der Waals surface area contributed by atoms with Crippen LogP contribution in [0.25, 0.3) is 0 Å². The van der Waals surface area contributed by atoms with Crippen LogP contribution in [-0.4, -0.2) is 7.11 Å². The number of rotatable bonds is 5. The maximum atomic E-state index is 13.5. The Kier molecular flexibility index (Phi) is 4.45. The molecule has 0 amide bonds. The van der Waals surface area contributed by atoms with E-state index in [1.54, 1.807) is 6.07 Å². The normalized spacial score (nSPS) is 10.3. The molecular formula is C16H19FN2O. The van der Waals surface area contributed by atoms with Gasteiger partial charge in [-0.1, -0.05) is 31.2 Å². The van der Waals surface area contributed by atoms with E-state index in [1.807, 2.05) is 12.1 Å². The van der Waals surface area contributed by atoms with Crippen LogP contribution in [0.3, 0.4) is 0 Å². The van der Waals surface area contributed by atoms with Crippen LogP contribution in [0.5, 0.6) is 5.75 Å². The first-order valence-electron chi connectivity index (χ1n) is 6.59. The van der Waals surface area contributed by atoms with E-state index < -0.39 is 5.82 Å². The van der Waals surface area contributed by atoms with Gasteiger partial charge in [-0.3, -0.25) is 0 Å². The Balaban J connectivity index is 2.18. The number of aryl methyl sites for hydroxylation is 1. The summed E-state index contributed by atoms with van der Waals surface area (Å²) < 4.78 is 18.4. The summed E-state index contributed by atoms with van der Waals surface area (Å²) in [5.41, 5.74) is 9.36. The Labute approximate surface area is 118 Å². The van der Waals surface area contributed by atoms with Gasteiger partial charge in [0.05, 0.1) is 18.5 Å².